The van der Waals surface area contributed by atoms with E-state index in [1.807, 2.05) is 48.2 Å². The molecule has 0 spiro atoms. The van der Waals surface area contributed by atoms with Gasteiger partial charge < -0.3 is 19.3 Å². The van der Waals surface area contributed by atoms with Gasteiger partial charge in [0.25, 0.3) is 5.91 Å². The second-order valence-electron chi connectivity index (χ2n) is 9.40. The number of hydrogen-bond donors (Lipinski definition) is 0. The molecule has 2 amide bonds. The number of hydrogen-bond acceptors (Lipinski definition) is 4. The molecule has 6 nitrogen and oxygen atoms in total. The van der Waals surface area contributed by atoms with Gasteiger partial charge in [-0.15, -0.1) is 0 Å². The minimum Gasteiger partial charge on any atom is -0.497 e. The molecule has 4 rings (SSSR count). The first-order valence-electron chi connectivity index (χ1n) is 11.8. The van der Waals surface area contributed by atoms with E-state index in [1.54, 1.807) is 25.2 Å². The average Bonchev–Trinajstić information content (AvgIpc) is 2.83. The van der Waals surface area contributed by atoms with Crippen LogP contribution in [0.15, 0.2) is 42.5 Å². The van der Waals surface area contributed by atoms with Crippen molar-refractivity contribution in [1.82, 2.24) is 9.80 Å². The minimum atomic E-state index is -0.753. The Balaban J connectivity index is 1.73. The highest BCUT2D eigenvalue weighted by molar-refractivity contribution is 5.96. The van der Waals surface area contributed by atoms with Crippen molar-refractivity contribution in [3.63, 3.8) is 0 Å². The molecule has 0 radical (unpaired) electrons. The normalized spacial score (nSPS) is 23.6. The summed E-state index contributed by atoms with van der Waals surface area (Å²) in [7, 11) is 3.18. The molecule has 1 aliphatic heterocycles. The van der Waals surface area contributed by atoms with Gasteiger partial charge in [-0.2, -0.15) is 0 Å². The SMILES string of the molecule is COc1ccc(OC)c([C@@H]2C(=O)N(C3CCC(C)CC3)CC(=O)N2Cc2ccc(C)cc2)c1. The van der Waals surface area contributed by atoms with Crippen LogP contribution in [0.25, 0.3) is 0 Å². The molecule has 0 aromatic heterocycles. The maximum Gasteiger partial charge on any atom is 0.250 e. The van der Waals surface area contributed by atoms with Gasteiger partial charge in [0.1, 0.15) is 24.1 Å². The molecule has 1 aliphatic carbocycles. The lowest BCUT2D eigenvalue weighted by molar-refractivity contribution is -0.160. The van der Waals surface area contributed by atoms with Gasteiger partial charge in [0.2, 0.25) is 5.91 Å². The summed E-state index contributed by atoms with van der Waals surface area (Å²) in [5.74, 6) is 1.81. The third-order valence-electron chi connectivity index (χ3n) is 7.09. The Morgan fingerprint density at radius 1 is 0.939 bits per heavy atom. The van der Waals surface area contributed by atoms with Crippen LogP contribution in [0.2, 0.25) is 0 Å². The molecule has 1 saturated carbocycles. The van der Waals surface area contributed by atoms with E-state index in [4.69, 9.17) is 9.47 Å². The molecule has 1 heterocycles. The van der Waals surface area contributed by atoms with E-state index < -0.39 is 6.04 Å². The zero-order chi connectivity index (χ0) is 23.5. The lowest BCUT2D eigenvalue weighted by Gasteiger charge is -2.45. The molecule has 2 aromatic rings. The van der Waals surface area contributed by atoms with E-state index in [0.717, 1.165) is 36.8 Å². The zero-order valence-electron chi connectivity index (χ0n) is 20.0. The number of carbonyl (C=O) groups is 2. The Kier molecular flexibility index (Phi) is 6.91. The Morgan fingerprint density at radius 2 is 1.64 bits per heavy atom. The number of amides is 2. The fourth-order valence-electron chi connectivity index (χ4n) is 5.04. The number of nitrogens with zero attached hydrogens (tertiary/aromatic N) is 2. The maximum atomic E-state index is 14.0. The van der Waals surface area contributed by atoms with Crippen LogP contribution in [-0.2, 0) is 16.1 Å². The predicted octanol–water partition coefficient (Wildman–Crippen LogP) is 4.50. The van der Waals surface area contributed by atoms with E-state index in [-0.39, 0.29) is 24.4 Å². The van der Waals surface area contributed by atoms with Crippen LogP contribution in [0.4, 0.5) is 0 Å². The molecular weight excluding hydrogens is 416 g/mol. The molecule has 176 valence electrons. The van der Waals surface area contributed by atoms with Gasteiger partial charge in [-0.1, -0.05) is 36.8 Å². The second kappa shape index (κ2) is 9.86. The van der Waals surface area contributed by atoms with Crippen molar-refractivity contribution < 1.29 is 19.1 Å². The first-order chi connectivity index (χ1) is 15.9. The molecule has 6 heteroatoms. The zero-order valence-corrected chi connectivity index (χ0v) is 20.0. The molecule has 2 aromatic carbocycles. The number of aryl methyl sites for hydroxylation is 1. The van der Waals surface area contributed by atoms with Gasteiger partial charge >= 0.3 is 0 Å². The summed E-state index contributed by atoms with van der Waals surface area (Å²) in [6, 6.07) is 12.9. The molecule has 1 atom stereocenters. The Bertz CT molecular complexity index is 996. The largest absolute Gasteiger partial charge is 0.497 e. The van der Waals surface area contributed by atoms with E-state index in [2.05, 4.69) is 6.92 Å². The van der Waals surface area contributed by atoms with Crippen LogP contribution in [-0.4, -0.2) is 48.4 Å². The second-order valence-corrected chi connectivity index (χ2v) is 9.40. The molecule has 1 saturated heterocycles. The first kappa shape index (κ1) is 23.1. The number of methoxy groups -OCH3 is 2. The van der Waals surface area contributed by atoms with Crippen LogP contribution >= 0.6 is 0 Å². The number of rotatable bonds is 6. The standard InChI is InChI=1S/C27H34N2O4/c1-18-5-9-20(10-6-18)16-29-25(30)17-28(21-11-7-19(2)8-12-21)27(31)26(29)23-15-22(32-3)13-14-24(23)33-4/h5-6,9-10,13-15,19,21,26H,7-8,11-12,16-17H2,1-4H3/t19?,21?,26-/m1/s1. The van der Waals surface area contributed by atoms with Gasteiger partial charge in [0.05, 0.1) is 14.2 Å². The van der Waals surface area contributed by atoms with E-state index in [1.165, 1.54) is 0 Å². The topological polar surface area (TPSA) is 59.1 Å². The lowest BCUT2D eigenvalue weighted by Crippen LogP contribution is -2.58. The summed E-state index contributed by atoms with van der Waals surface area (Å²) in [6.45, 7) is 4.79. The van der Waals surface area contributed by atoms with Gasteiger partial charge in [-0.05, 0) is 62.3 Å². The van der Waals surface area contributed by atoms with E-state index >= 15 is 0 Å². The summed E-state index contributed by atoms with van der Waals surface area (Å²) in [5.41, 5.74) is 2.81. The third-order valence-corrected chi connectivity index (χ3v) is 7.09. The molecule has 0 unspecified atom stereocenters. The summed E-state index contributed by atoms with van der Waals surface area (Å²) < 4.78 is 11.1. The fourth-order valence-corrected chi connectivity index (χ4v) is 5.04. The van der Waals surface area contributed by atoms with Crippen molar-refractivity contribution in [2.24, 2.45) is 5.92 Å². The van der Waals surface area contributed by atoms with Crippen LogP contribution in [0.5, 0.6) is 11.5 Å². The summed E-state index contributed by atoms with van der Waals surface area (Å²) in [6.07, 6.45) is 4.06. The average molecular weight is 451 g/mol. The number of ether oxygens (including phenoxy) is 2. The summed E-state index contributed by atoms with van der Waals surface area (Å²) in [4.78, 5) is 31.1. The van der Waals surface area contributed by atoms with Gasteiger partial charge in [0.15, 0.2) is 0 Å². The number of piperazine rings is 1. The number of carbonyl (C=O) groups excluding carboxylic acids is 2. The van der Waals surface area contributed by atoms with Gasteiger partial charge in [-0.3, -0.25) is 9.59 Å². The van der Waals surface area contributed by atoms with Crippen LogP contribution in [0.1, 0.15) is 55.3 Å². The maximum absolute atomic E-state index is 14.0. The smallest absolute Gasteiger partial charge is 0.250 e. The van der Waals surface area contributed by atoms with Gasteiger partial charge in [-0.25, -0.2) is 0 Å². The van der Waals surface area contributed by atoms with Crippen LogP contribution in [0.3, 0.4) is 0 Å². The molecule has 2 aliphatic rings. The van der Waals surface area contributed by atoms with Crippen LogP contribution < -0.4 is 9.47 Å². The molecule has 0 bridgehead atoms. The molecule has 2 fully saturated rings. The number of benzene rings is 2. The molecular formula is C27H34N2O4. The molecule has 33 heavy (non-hydrogen) atoms. The van der Waals surface area contributed by atoms with Crippen molar-refractivity contribution in [2.75, 3.05) is 20.8 Å². The highest BCUT2D eigenvalue weighted by Gasteiger charge is 2.44. The minimum absolute atomic E-state index is 0.0344. The van der Waals surface area contributed by atoms with Crippen molar-refractivity contribution in [2.45, 2.75) is 58.2 Å². The van der Waals surface area contributed by atoms with Crippen molar-refractivity contribution in [3.05, 3.63) is 59.2 Å². The summed E-state index contributed by atoms with van der Waals surface area (Å²) >= 11 is 0. The highest BCUT2D eigenvalue weighted by atomic mass is 16.5. The fraction of sp³-hybridized carbons (Fsp3) is 0.481. The van der Waals surface area contributed by atoms with Gasteiger partial charge in [0, 0.05) is 18.2 Å². The van der Waals surface area contributed by atoms with Crippen LogP contribution in [0, 0.1) is 12.8 Å². The van der Waals surface area contributed by atoms with Crippen molar-refractivity contribution in [1.29, 1.82) is 0 Å². The lowest BCUT2D eigenvalue weighted by atomic mass is 9.85. The Labute approximate surface area is 196 Å². The van der Waals surface area contributed by atoms with Crippen molar-refractivity contribution in [3.8, 4) is 11.5 Å². The Hall–Kier alpha value is -3.02. The summed E-state index contributed by atoms with van der Waals surface area (Å²) in [5, 5.41) is 0. The van der Waals surface area contributed by atoms with Crippen molar-refractivity contribution >= 4 is 11.8 Å². The van der Waals surface area contributed by atoms with E-state index in [9.17, 15) is 9.59 Å². The quantitative estimate of drug-likeness (QED) is 0.650. The first-order valence-corrected chi connectivity index (χ1v) is 11.8. The predicted molar refractivity (Wildman–Crippen MR) is 127 cm³/mol. The third kappa shape index (κ3) is 4.85. The monoisotopic (exact) mass is 450 g/mol. The Morgan fingerprint density at radius 3 is 2.27 bits per heavy atom. The molecule has 0 N–H and O–H groups in total. The highest BCUT2D eigenvalue weighted by Crippen LogP contribution is 2.39. The van der Waals surface area contributed by atoms with E-state index in [0.29, 0.717) is 29.5 Å².